The van der Waals surface area contributed by atoms with Crippen LogP contribution in [0.1, 0.15) is 11.0 Å². The predicted molar refractivity (Wildman–Crippen MR) is 203 cm³/mol. The van der Waals surface area contributed by atoms with Crippen molar-refractivity contribution in [3.05, 3.63) is 170 Å². The zero-order valence-corrected chi connectivity index (χ0v) is 26.2. The Hall–Kier alpha value is -6.85. The molecule has 0 aliphatic heterocycles. The van der Waals surface area contributed by atoms with Crippen LogP contribution in [0.15, 0.2) is 174 Å². The minimum absolute atomic E-state index is 0.00225. The van der Waals surface area contributed by atoms with E-state index in [0.29, 0.717) is 50.7 Å². The quantitative estimate of drug-likeness (QED) is 0.186. The molecular formula is C45H28N4O. The predicted octanol–water partition coefficient (Wildman–Crippen LogP) is 11.5. The van der Waals surface area contributed by atoms with E-state index < -0.39 is 36.3 Å². The van der Waals surface area contributed by atoms with Gasteiger partial charge in [-0.15, -0.1) is 0 Å². The largest absolute Gasteiger partial charge is 0.454 e. The van der Waals surface area contributed by atoms with Crippen LogP contribution in [0.2, 0.25) is 0 Å². The zero-order chi connectivity index (χ0) is 40.0. The Morgan fingerprint density at radius 1 is 0.440 bits per heavy atom. The van der Waals surface area contributed by atoms with Crippen molar-refractivity contribution in [3.63, 3.8) is 0 Å². The molecule has 0 spiro atoms. The van der Waals surface area contributed by atoms with Gasteiger partial charge in [0.25, 0.3) is 0 Å². The Morgan fingerprint density at radius 3 is 1.70 bits per heavy atom. The van der Waals surface area contributed by atoms with E-state index >= 15 is 0 Å². The van der Waals surface area contributed by atoms with Crippen LogP contribution in [-0.4, -0.2) is 19.5 Å². The molecule has 0 unspecified atom stereocenters. The lowest BCUT2D eigenvalue weighted by Gasteiger charge is -2.10. The van der Waals surface area contributed by atoms with E-state index in [4.69, 9.17) is 30.3 Å². The van der Waals surface area contributed by atoms with Gasteiger partial charge < -0.3 is 8.98 Å². The van der Waals surface area contributed by atoms with Gasteiger partial charge in [-0.1, -0.05) is 127 Å². The highest BCUT2D eigenvalue weighted by Gasteiger charge is 2.19. The maximum absolute atomic E-state index is 8.97. The molecule has 0 atom stereocenters. The van der Waals surface area contributed by atoms with E-state index in [2.05, 4.69) is 24.3 Å². The third-order valence-electron chi connectivity index (χ3n) is 8.90. The summed E-state index contributed by atoms with van der Waals surface area (Å²) in [5.74, 6) is 1.45. The number of benzene rings is 7. The van der Waals surface area contributed by atoms with E-state index in [-0.39, 0.29) is 33.9 Å². The first-order chi connectivity index (χ1) is 28.1. The fourth-order valence-corrected chi connectivity index (χ4v) is 6.58. The van der Waals surface area contributed by atoms with E-state index in [0.717, 1.165) is 22.3 Å². The fourth-order valence-electron chi connectivity index (χ4n) is 6.58. The van der Waals surface area contributed by atoms with Crippen LogP contribution >= 0.6 is 0 Å². The van der Waals surface area contributed by atoms with Crippen LogP contribution < -0.4 is 0 Å². The number of para-hydroxylation sites is 3. The molecule has 5 nitrogen and oxygen atoms in total. The summed E-state index contributed by atoms with van der Waals surface area (Å²) in [5, 5.41) is 1.38. The standard InChI is InChI=1S/C45H28N4O/c1-3-13-29(14-4-1)31-17-11-18-32(27-31)44-46-43(30-15-5-2-6-16-30)47-45(48-44)33-25-26-41-37(28-33)36-21-12-24-40(42(36)50-41)49-38-22-9-7-19-34(38)35-20-8-10-23-39(35)49/h1-28H/i7D,8D,9D,10D,19D,20D,22D,23D. The summed E-state index contributed by atoms with van der Waals surface area (Å²) in [7, 11) is 0. The van der Waals surface area contributed by atoms with Gasteiger partial charge in [0.2, 0.25) is 0 Å². The highest BCUT2D eigenvalue weighted by atomic mass is 16.3. The third kappa shape index (κ3) is 4.60. The Kier molecular flexibility index (Phi) is 4.83. The Morgan fingerprint density at radius 2 is 1.00 bits per heavy atom. The van der Waals surface area contributed by atoms with Crippen molar-refractivity contribution in [1.29, 1.82) is 0 Å². The van der Waals surface area contributed by atoms with Gasteiger partial charge in [-0.2, -0.15) is 0 Å². The fraction of sp³-hybridized carbons (Fsp3) is 0. The lowest BCUT2D eigenvalue weighted by Crippen LogP contribution is -2.00. The summed E-state index contributed by atoms with van der Waals surface area (Å²) in [4.78, 5) is 14.9. The number of nitrogens with zero attached hydrogens (tertiary/aromatic N) is 4. The van der Waals surface area contributed by atoms with E-state index in [1.165, 1.54) is 4.57 Å². The molecule has 0 aliphatic carbocycles. The average Bonchev–Trinajstić information content (AvgIpc) is 3.83. The van der Waals surface area contributed by atoms with E-state index in [1.807, 2.05) is 84.9 Å². The van der Waals surface area contributed by atoms with Crippen molar-refractivity contribution in [1.82, 2.24) is 19.5 Å². The lowest BCUT2D eigenvalue weighted by atomic mass is 10.0. The molecule has 0 saturated heterocycles. The molecule has 0 aliphatic rings. The maximum atomic E-state index is 8.97. The Bertz CT molecular complexity index is 3250. The number of hydrogen-bond donors (Lipinski definition) is 0. The summed E-state index contributed by atoms with van der Waals surface area (Å²) in [6.07, 6.45) is 0. The molecule has 10 aromatic rings. The molecule has 234 valence electrons. The summed E-state index contributed by atoms with van der Waals surface area (Å²) < 4.78 is 77.5. The van der Waals surface area contributed by atoms with Gasteiger partial charge in [0.05, 0.1) is 27.7 Å². The molecule has 3 aromatic heterocycles. The maximum Gasteiger partial charge on any atom is 0.164 e. The first-order valence-electron chi connectivity index (χ1n) is 20.0. The van der Waals surface area contributed by atoms with Gasteiger partial charge >= 0.3 is 0 Å². The minimum atomic E-state index is -0.501. The number of aromatic nitrogens is 4. The van der Waals surface area contributed by atoms with Gasteiger partial charge in [-0.25, -0.2) is 15.0 Å². The molecule has 50 heavy (non-hydrogen) atoms. The molecule has 0 saturated carbocycles. The molecule has 0 fully saturated rings. The summed E-state index contributed by atoms with van der Waals surface area (Å²) in [6.45, 7) is 0. The first-order valence-corrected chi connectivity index (χ1v) is 16.0. The van der Waals surface area contributed by atoms with Crippen LogP contribution in [0.25, 0.3) is 94.7 Å². The topological polar surface area (TPSA) is 56.7 Å². The van der Waals surface area contributed by atoms with Crippen LogP contribution in [0.3, 0.4) is 0 Å². The van der Waals surface area contributed by atoms with Gasteiger partial charge in [-0.3, -0.25) is 0 Å². The number of hydrogen-bond acceptors (Lipinski definition) is 4. The van der Waals surface area contributed by atoms with E-state index in [1.54, 1.807) is 12.1 Å². The Balaban J connectivity index is 1.20. The molecule has 10 rings (SSSR count). The van der Waals surface area contributed by atoms with Crippen LogP contribution in [0, 0.1) is 0 Å². The minimum Gasteiger partial charge on any atom is -0.454 e. The normalized spacial score (nSPS) is 13.8. The monoisotopic (exact) mass is 648 g/mol. The SMILES string of the molecule is [2H]c1c([2H])c([2H])c2c(c1[2H])c1c([2H])c([2H])c([2H])c([2H])c1n2-c1cccc2c1oc1ccc(-c3nc(-c4ccccc4)nc(-c4cccc(-c5ccccc5)c4)n3)cc12. The molecule has 7 aromatic carbocycles. The van der Waals surface area contributed by atoms with Crippen LogP contribution in [0.5, 0.6) is 0 Å². The van der Waals surface area contributed by atoms with Crippen molar-refractivity contribution in [2.24, 2.45) is 0 Å². The average molecular weight is 649 g/mol. The summed E-state index contributed by atoms with van der Waals surface area (Å²) in [5.41, 5.74) is 5.69. The number of rotatable bonds is 5. The molecule has 5 heteroatoms. The second-order valence-corrected chi connectivity index (χ2v) is 11.9. The number of furan rings is 1. The lowest BCUT2D eigenvalue weighted by molar-refractivity contribution is 0.666. The second-order valence-electron chi connectivity index (χ2n) is 11.9. The van der Waals surface area contributed by atoms with E-state index in [9.17, 15) is 0 Å². The molecule has 0 amide bonds. The smallest absolute Gasteiger partial charge is 0.164 e. The van der Waals surface area contributed by atoms with Gasteiger partial charge in [0.1, 0.15) is 5.58 Å². The van der Waals surface area contributed by atoms with Crippen molar-refractivity contribution in [2.45, 2.75) is 0 Å². The van der Waals surface area contributed by atoms with Gasteiger partial charge in [0, 0.05) is 38.2 Å². The highest BCUT2D eigenvalue weighted by Crippen LogP contribution is 2.39. The van der Waals surface area contributed by atoms with Crippen molar-refractivity contribution >= 4 is 43.7 Å². The molecule has 0 N–H and O–H groups in total. The van der Waals surface area contributed by atoms with Crippen LogP contribution in [-0.2, 0) is 0 Å². The Labute approximate surface area is 299 Å². The van der Waals surface area contributed by atoms with Gasteiger partial charge in [0.15, 0.2) is 23.1 Å². The zero-order valence-electron chi connectivity index (χ0n) is 34.2. The number of fused-ring (bicyclic) bond motifs is 6. The van der Waals surface area contributed by atoms with Crippen LogP contribution in [0.4, 0.5) is 0 Å². The van der Waals surface area contributed by atoms with Crippen molar-refractivity contribution in [3.8, 4) is 51.0 Å². The first kappa shape index (κ1) is 21.2. The molecular weight excluding hydrogens is 613 g/mol. The highest BCUT2D eigenvalue weighted by molar-refractivity contribution is 6.13. The molecule has 3 heterocycles. The van der Waals surface area contributed by atoms with Crippen molar-refractivity contribution in [2.75, 3.05) is 0 Å². The molecule has 0 bridgehead atoms. The second kappa shape index (κ2) is 11.4. The summed E-state index contributed by atoms with van der Waals surface area (Å²) in [6, 6.07) is 35.3. The summed E-state index contributed by atoms with van der Waals surface area (Å²) >= 11 is 0. The van der Waals surface area contributed by atoms with Crippen molar-refractivity contribution < 1.29 is 15.4 Å². The molecule has 0 radical (unpaired) electrons. The van der Waals surface area contributed by atoms with Gasteiger partial charge in [-0.05, 0) is 53.5 Å². The third-order valence-corrected chi connectivity index (χ3v) is 8.90.